The molecule has 1 heterocycles. The van der Waals surface area contributed by atoms with Crippen LogP contribution in [0.5, 0.6) is 0 Å². The minimum atomic E-state index is 0.463. The maximum atomic E-state index is 6.09. The van der Waals surface area contributed by atoms with Gasteiger partial charge in [-0.15, -0.1) is 0 Å². The molecule has 2 aliphatic rings. The molecule has 3 nitrogen and oxygen atoms in total. The molecule has 0 radical (unpaired) electrons. The maximum Gasteiger partial charge on any atom is 0.117 e. The van der Waals surface area contributed by atoms with Crippen LogP contribution in [0.4, 0.5) is 0 Å². The Kier molecular flexibility index (Phi) is 7.34. The van der Waals surface area contributed by atoms with Crippen molar-refractivity contribution in [1.82, 2.24) is 4.90 Å². The van der Waals surface area contributed by atoms with Crippen molar-refractivity contribution in [3.8, 4) is 0 Å². The van der Waals surface area contributed by atoms with Crippen LogP contribution < -0.4 is 5.73 Å². The molecule has 4 rings (SSSR count). The van der Waals surface area contributed by atoms with E-state index in [9.17, 15) is 0 Å². The SMILES string of the molecule is NC1CCC(CC2CCC(N(Cc3ccc(Cl)cc3)Cc3ccco3)CC2)CC1. The lowest BCUT2D eigenvalue weighted by molar-refractivity contribution is 0.104. The monoisotopic (exact) mass is 414 g/mol. The second kappa shape index (κ2) is 10.1. The summed E-state index contributed by atoms with van der Waals surface area (Å²) >= 11 is 6.08. The molecule has 4 heteroatoms. The molecule has 0 amide bonds. The lowest BCUT2D eigenvalue weighted by atomic mass is 9.75. The van der Waals surface area contributed by atoms with E-state index in [2.05, 4.69) is 23.1 Å². The fourth-order valence-corrected chi connectivity index (χ4v) is 5.51. The molecule has 2 aromatic rings. The molecular weight excluding hydrogens is 380 g/mol. The van der Waals surface area contributed by atoms with Crippen LogP contribution in [-0.4, -0.2) is 17.0 Å². The molecule has 2 N–H and O–H groups in total. The lowest BCUT2D eigenvalue weighted by Crippen LogP contribution is -2.37. The van der Waals surface area contributed by atoms with E-state index in [0.29, 0.717) is 12.1 Å². The molecular formula is C25H35ClN2O. The first-order valence-electron chi connectivity index (χ1n) is 11.4. The first-order valence-corrected chi connectivity index (χ1v) is 11.8. The Hall–Kier alpha value is -1.29. The van der Waals surface area contributed by atoms with Crippen molar-refractivity contribution < 1.29 is 4.42 Å². The summed E-state index contributed by atoms with van der Waals surface area (Å²) in [6.45, 7) is 1.83. The lowest BCUT2D eigenvalue weighted by Gasteiger charge is -2.38. The topological polar surface area (TPSA) is 42.4 Å². The van der Waals surface area contributed by atoms with E-state index in [1.807, 2.05) is 18.2 Å². The summed E-state index contributed by atoms with van der Waals surface area (Å²) in [5.41, 5.74) is 7.41. The van der Waals surface area contributed by atoms with E-state index in [0.717, 1.165) is 35.7 Å². The predicted molar refractivity (Wildman–Crippen MR) is 120 cm³/mol. The quantitative estimate of drug-likeness (QED) is 0.569. The molecule has 0 aliphatic heterocycles. The molecule has 158 valence electrons. The molecule has 1 aromatic carbocycles. The average molecular weight is 415 g/mol. The van der Waals surface area contributed by atoms with Gasteiger partial charge in [-0.2, -0.15) is 0 Å². The molecule has 0 bridgehead atoms. The molecule has 2 aliphatic carbocycles. The van der Waals surface area contributed by atoms with Crippen molar-refractivity contribution in [3.63, 3.8) is 0 Å². The van der Waals surface area contributed by atoms with E-state index in [1.165, 1.54) is 63.4 Å². The highest BCUT2D eigenvalue weighted by Gasteiger charge is 2.29. The number of hydrogen-bond acceptors (Lipinski definition) is 3. The summed E-state index contributed by atoms with van der Waals surface area (Å²) in [5.74, 6) is 2.89. The highest BCUT2D eigenvalue weighted by molar-refractivity contribution is 6.30. The van der Waals surface area contributed by atoms with E-state index >= 15 is 0 Å². The van der Waals surface area contributed by atoms with Crippen LogP contribution in [-0.2, 0) is 13.1 Å². The Labute approximate surface area is 180 Å². The van der Waals surface area contributed by atoms with Crippen LogP contribution in [0.25, 0.3) is 0 Å². The zero-order chi connectivity index (χ0) is 20.1. The molecule has 0 unspecified atom stereocenters. The second-order valence-electron chi connectivity index (χ2n) is 9.30. The first-order chi connectivity index (χ1) is 14.2. The van der Waals surface area contributed by atoms with Gasteiger partial charge in [-0.25, -0.2) is 0 Å². The van der Waals surface area contributed by atoms with Gasteiger partial charge in [0.15, 0.2) is 0 Å². The zero-order valence-electron chi connectivity index (χ0n) is 17.4. The van der Waals surface area contributed by atoms with Crippen LogP contribution in [0.3, 0.4) is 0 Å². The fourth-order valence-electron chi connectivity index (χ4n) is 5.38. The normalized spacial score (nSPS) is 28.0. The van der Waals surface area contributed by atoms with Gasteiger partial charge in [0.2, 0.25) is 0 Å². The Morgan fingerprint density at radius 1 is 0.862 bits per heavy atom. The molecule has 0 atom stereocenters. The Morgan fingerprint density at radius 3 is 2.14 bits per heavy atom. The van der Waals surface area contributed by atoms with E-state index < -0.39 is 0 Å². The van der Waals surface area contributed by atoms with Crippen LogP contribution >= 0.6 is 11.6 Å². The highest BCUT2D eigenvalue weighted by atomic mass is 35.5. The Balaban J connectivity index is 1.33. The van der Waals surface area contributed by atoms with Crippen LogP contribution in [0.1, 0.15) is 69.1 Å². The largest absolute Gasteiger partial charge is 0.468 e. The van der Waals surface area contributed by atoms with Crippen molar-refractivity contribution in [1.29, 1.82) is 0 Å². The van der Waals surface area contributed by atoms with Gasteiger partial charge in [0, 0.05) is 23.7 Å². The second-order valence-corrected chi connectivity index (χ2v) is 9.74. The van der Waals surface area contributed by atoms with Gasteiger partial charge in [-0.3, -0.25) is 4.90 Å². The minimum Gasteiger partial charge on any atom is -0.468 e. The van der Waals surface area contributed by atoms with Crippen LogP contribution in [0, 0.1) is 11.8 Å². The molecule has 2 fully saturated rings. The smallest absolute Gasteiger partial charge is 0.117 e. The first kappa shape index (κ1) is 21.0. The molecule has 0 saturated heterocycles. The number of rotatable bonds is 7. The third kappa shape index (κ3) is 6.10. The molecule has 29 heavy (non-hydrogen) atoms. The number of hydrogen-bond donors (Lipinski definition) is 1. The predicted octanol–water partition coefficient (Wildman–Crippen LogP) is 6.40. The minimum absolute atomic E-state index is 0.463. The van der Waals surface area contributed by atoms with Crippen molar-refractivity contribution in [3.05, 3.63) is 59.0 Å². The molecule has 0 spiro atoms. The van der Waals surface area contributed by atoms with Gasteiger partial charge in [0.25, 0.3) is 0 Å². The van der Waals surface area contributed by atoms with E-state index in [1.54, 1.807) is 6.26 Å². The van der Waals surface area contributed by atoms with Gasteiger partial charge in [-0.1, -0.05) is 23.7 Å². The Morgan fingerprint density at radius 2 is 1.52 bits per heavy atom. The standard InChI is InChI=1S/C25H35ClN2O/c26-22-9-3-21(4-10-22)17-28(18-25-2-1-15-29-25)24-13-7-20(8-14-24)16-19-5-11-23(27)12-6-19/h1-4,9-10,15,19-20,23-24H,5-8,11-14,16-18,27H2. The molecule has 1 aromatic heterocycles. The van der Waals surface area contributed by atoms with E-state index in [-0.39, 0.29) is 0 Å². The molecule has 2 saturated carbocycles. The highest BCUT2D eigenvalue weighted by Crippen LogP contribution is 2.37. The van der Waals surface area contributed by atoms with Crippen molar-refractivity contribution >= 4 is 11.6 Å². The Bertz CT molecular complexity index is 714. The van der Waals surface area contributed by atoms with E-state index in [4.69, 9.17) is 21.8 Å². The number of furan rings is 1. The number of halogens is 1. The van der Waals surface area contributed by atoms with Gasteiger partial charge in [0.1, 0.15) is 5.76 Å². The number of nitrogens with two attached hydrogens (primary N) is 1. The van der Waals surface area contributed by atoms with Crippen LogP contribution in [0.2, 0.25) is 5.02 Å². The van der Waals surface area contributed by atoms with Crippen molar-refractivity contribution in [2.75, 3.05) is 0 Å². The average Bonchev–Trinajstić information content (AvgIpc) is 3.25. The third-order valence-electron chi connectivity index (χ3n) is 7.13. The summed E-state index contributed by atoms with van der Waals surface area (Å²) in [5, 5.41) is 0.801. The van der Waals surface area contributed by atoms with Crippen LogP contribution in [0.15, 0.2) is 47.1 Å². The third-order valence-corrected chi connectivity index (χ3v) is 7.38. The van der Waals surface area contributed by atoms with Gasteiger partial charge in [-0.05, 0) is 99.5 Å². The summed E-state index contributed by atoms with van der Waals surface area (Å²) in [4.78, 5) is 2.61. The number of nitrogens with zero attached hydrogens (tertiary/aromatic N) is 1. The van der Waals surface area contributed by atoms with Crippen molar-refractivity contribution in [2.45, 2.75) is 83.0 Å². The summed E-state index contributed by atoms with van der Waals surface area (Å²) in [6.07, 6.45) is 13.7. The summed E-state index contributed by atoms with van der Waals surface area (Å²) < 4.78 is 5.67. The fraction of sp³-hybridized carbons (Fsp3) is 0.600. The maximum absolute atomic E-state index is 6.09. The van der Waals surface area contributed by atoms with Gasteiger partial charge >= 0.3 is 0 Å². The summed E-state index contributed by atoms with van der Waals surface area (Å²) in [7, 11) is 0. The van der Waals surface area contributed by atoms with Gasteiger partial charge < -0.3 is 10.2 Å². The number of benzene rings is 1. The summed E-state index contributed by atoms with van der Waals surface area (Å²) in [6, 6.07) is 13.5. The van der Waals surface area contributed by atoms with Gasteiger partial charge in [0.05, 0.1) is 12.8 Å². The zero-order valence-corrected chi connectivity index (χ0v) is 18.2. The van der Waals surface area contributed by atoms with Crippen molar-refractivity contribution in [2.24, 2.45) is 17.6 Å².